The Morgan fingerprint density at radius 2 is 1.52 bits per heavy atom. The summed E-state index contributed by atoms with van der Waals surface area (Å²) >= 11 is 0. The number of pyridine rings is 1. The first kappa shape index (κ1) is 27.6. The number of halogens is 6. The monoisotopic (exact) mass is 483 g/mol. The van der Waals surface area contributed by atoms with Crippen molar-refractivity contribution in [2.45, 2.75) is 37.7 Å². The predicted octanol–water partition coefficient (Wildman–Crippen LogP) is 3.57. The molecule has 1 aromatic heterocycles. The third kappa shape index (κ3) is 9.31. The standard InChI is InChI=1S/C15H17N3O.2C2HF3O2/c16-12-5-4-10(8-12)15(19)18-14-3-1-2-11-9-17-7-6-13(11)14;2*3-2(4,5)1(6)7/h1-3,6-7,9-10,12H,4-5,8,16H2,(H,18,19);2*(H,6,7)/t10-,12+;;/m0../s1. The third-order valence-electron chi connectivity index (χ3n) is 4.27. The number of carboxylic acids is 2. The van der Waals surface area contributed by atoms with Gasteiger partial charge in [0.05, 0.1) is 0 Å². The zero-order chi connectivity index (χ0) is 25.4. The number of nitrogens with one attached hydrogen (secondary N) is 1. The molecule has 0 radical (unpaired) electrons. The fourth-order valence-electron chi connectivity index (χ4n) is 2.72. The molecule has 3 rings (SSSR count). The van der Waals surface area contributed by atoms with Gasteiger partial charge in [0.25, 0.3) is 0 Å². The summed E-state index contributed by atoms with van der Waals surface area (Å²) in [5.74, 6) is -5.38. The Morgan fingerprint density at radius 3 is 1.97 bits per heavy atom. The molecule has 2 atom stereocenters. The maximum Gasteiger partial charge on any atom is 0.490 e. The topological polar surface area (TPSA) is 143 Å². The molecule has 2 aromatic rings. The number of hydrogen-bond donors (Lipinski definition) is 4. The molecule has 8 nitrogen and oxygen atoms in total. The molecule has 0 spiro atoms. The van der Waals surface area contributed by atoms with Gasteiger partial charge in [-0.25, -0.2) is 9.59 Å². The summed E-state index contributed by atoms with van der Waals surface area (Å²) in [4.78, 5) is 34.1. The van der Waals surface area contributed by atoms with Crippen molar-refractivity contribution in [3.63, 3.8) is 0 Å². The third-order valence-corrected chi connectivity index (χ3v) is 4.27. The lowest BCUT2D eigenvalue weighted by Gasteiger charge is -2.12. The SMILES string of the molecule is N[C@@H]1CC[C@H](C(=O)Nc2cccc3cnccc23)C1.O=C(O)C(F)(F)F.O=C(O)C(F)(F)F. The van der Waals surface area contributed by atoms with E-state index in [1.165, 1.54) is 0 Å². The average Bonchev–Trinajstić information content (AvgIpc) is 3.14. The maximum atomic E-state index is 12.2. The molecule has 1 aliphatic rings. The second-order valence-electron chi connectivity index (χ2n) is 6.77. The molecule has 1 saturated carbocycles. The first-order valence-corrected chi connectivity index (χ1v) is 9.12. The maximum absolute atomic E-state index is 12.2. The van der Waals surface area contributed by atoms with Gasteiger partial charge in [0, 0.05) is 40.8 Å². The van der Waals surface area contributed by atoms with Crippen LogP contribution >= 0.6 is 0 Å². The number of aromatic nitrogens is 1. The Labute approximate surface area is 182 Å². The van der Waals surface area contributed by atoms with Crippen LogP contribution in [0.1, 0.15) is 19.3 Å². The number of amides is 1. The van der Waals surface area contributed by atoms with Gasteiger partial charge >= 0.3 is 24.3 Å². The Kier molecular flexibility index (Phi) is 9.58. The Hall–Kier alpha value is -3.42. The number of nitrogens with zero attached hydrogens (tertiary/aromatic N) is 1. The number of nitrogens with two attached hydrogens (primary N) is 1. The molecule has 182 valence electrons. The van der Waals surface area contributed by atoms with Gasteiger partial charge in [-0.2, -0.15) is 26.3 Å². The highest BCUT2D eigenvalue weighted by Crippen LogP contribution is 2.27. The van der Waals surface area contributed by atoms with Gasteiger partial charge in [-0.15, -0.1) is 0 Å². The molecule has 5 N–H and O–H groups in total. The van der Waals surface area contributed by atoms with Gasteiger partial charge in [-0.1, -0.05) is 12.1 Å². The molecular weight excluding hydrogens is 464 g/mol. The second-order valence-corrected chi connectivity index (χ2v) is 6.77. The van der Waals surface area contributed by atoms with Gasteiger partial charge in [-0.05, 0) is 31.4 Å². The molecule has 0 unspecified atom stereocenters. The number of hydrogen-bond acceptors (Lipinski definition) is 5. The lowest BCUT2D eigenvalue weighted by atomic mass is 10.1. The summed E-state index contributed by atoms with van der Waals surface area (Å²) in [6.07, 6.45) is -4.00. The molecule has 1 aromatic carbocycles. The number of anilines is 1. The number of carboxylic acid groups (broad SMARTS) is 2. The normalized spacial score (nSPS) is 17.8. The minimum atomic E-state index is -5.08. The molecule has 1 aliphatic carbocycles. The minimum Gasteiger partial charge on any atom is -0.475 e. The van der Waals surface area contributed by atoms with E-state index < -0.39 is 24.3 Å². The molecular formula is C19H19F6N3O5. The van der Waals surface area contributed by atoms with Crippen LogP contribution in [0, 0.1) is 5.92 Å². The first-order chi connectivity index (χ1) is 15.1. The number of benzene rings is 1. The number of carbonyl (C=O) groups is 3. The van der Waals surface area contributed by atoms with Crippen molar-refractivity contribution < 1.29 is 50.9 Å². The highest BCUT2D eigenvalue weighted by Gasteiger charge is 2.38. The molecule has 1 fully saturated rings. The van der Waals surface area contributed by atoms with Crippen LogP contribution in [0.5, 0.6) is 0 Å². The van der Waals surface area contributed by atoms with Crippen LogP contribution in [0.3, 0.4) is 0 Å². The lowest BCUT2D eigenvalue weighted by Crippen LogP contribution is -2.23. The van der Waals surface area contributed by atoms with Crippen LogP contribution < -0.4 is 11.1 Å². The quantitative estimate of drug-likeness (QED) is 0.479. The van der Waals surface area contributed by atoms with Gasteiger partial charge < -0.3 is 21.3 Å². The van der Waals surface area contributed by atoms with E-state index in [9.17, 15) is 31.1 Å². The highest BCUT2D eigenvalue weighted by molar-refractivity contribution is 6.02. The Bertz CT molecular complexity index is 951. The summed E-state index contributed by atoms with van der Waals surface area (Å²) < 4.78 is 63.5. The summed E-state index contributed by atoms with van der Waals surface area (Å²) in [6.45, 7) is 0. The first-order valence-electron chi connectivity index (χ1n) is 9.12. The molecule has 0 aliphatic heterocycles. The van der Waals surface area contributed by atoms with Gasteiger partial charge in [0.2, 0.25) is 5.91 Å². The van der Waals surface area contributed by atoms with Gasteiger partial charge in [0.1, 0.15) is 0 Å². The smallest absolute Gasteiger partial charge is 0.475 e. The summed E-state index contributed by atoms with van der Waals surface area (Å²) in [7, 11) is 0. The summed E-state index contributed by atoms with van der Waals surface area (Å²) in [5, 5.41) is 19.3. The van der Waals surface area contributed by atoms with Crippen molar-refractivity contribution in [3.8, 4) is 0 Å². The molecule has 0 bridgehead atoms. The number of fused-ring (bicyclic) bond motifs is 1. The highest BCUT2D eigenvalue weighted by atomic mass is 19.4. The molecule has 1 heterocycles. The van der Waals surface area contributed by atoms with Crippen LogP contribution in [-0.4, -0.2) is 51.4 Å². The van der Waals surface area contributed by atoms with Crippen molar-refractivity contribution in [2.75, 3.05) is 5.32 Å². The van der Waals surface area contributed by atoms with Crippen LogP contribution in [-0.2, 0) is 14.4 Å². The van der Waals surface area contributed by atoms with E-state index in [0.717, 1.165) is 35.7 Å². The average molecular weight is 483 g/mol. The van der Waals surface area contributed by atoms with Gasteiger partial charge in [-0.3, -0.25) is 9.78 Å². The van der Waals surface area contributed by atoms with Crippen LogP contribution in [0.2, 0.25) is 0 Å². The van der Waals surface area contributed by atoms with Crippen molar-refractivity contribution in [1.29, 1.82) is 0 Å². The molecule has 1 amide bonds. The molecule has 33 heavy (non-hydrogen) atoms. The zero-order valence-corrected chi connectivity index (χ0v) is 16.7. The second kappa shape index (κ2) is 11.4. The number of aliphatic carboxylic acids is 2. The Morgan fingerprint density at radius 1 is 0.970 bits per heavy atom. The minimum absolute atomic E-state index is 0.0482. The van der Waals surface area contributed by atoms with E-state index in [0.29, 0.717) is 0 Å². The van der Waals surface area contributed by atoms with E-state index in [2.05, 4.69) is 10.3 Å². The zero-order valence-electron chi connectivity index (χ0n) is 16.7. The number of alkyl halides is 6. The van der Waals surface area contributed by atoms with E-state index in [1.54, 1.807) is 12.4 Å². The van der Waals surface area contributed by atoms with Crippen LogP contribution in [0.25, 0.3) is 10.8 Å². The molecule has 14 heteroatoms. The molecule has 0 saturated heterocycles. The van der Waals surface area contributed by atoms with E-state index in [4.69, 9.17) is 25.5 Å². The van der Waals surface area contributed by atoms with Crippen LogP contribution in [0.4, 0.5) is 32.0 Å². The lowest BCUT2D eigenvalue weighted by molar-refractivity contribution is -0.193. The van der Waals surface area contributed by atoms with E-state index in [1.807, 2.05) is 24.3 Å². The van der Waals surface area contributed by atoms with Crippen molar-refractivity contribution in [2.24, 2.45) is 11.7 Å². The Balaban J connectivity index is 0.000000324. The van der Waals surface area contributed by atoms with E-state index >= 15 is 0 Å². The number of rotatable bonds is 2. The van der Waals surface area contributed by atoms with Crippen LogP contribution in [0.15, 0.2) is 36.7 Å². The summed E-state index contributed by atoms with van der Waals surface area (Å²) in [6, 6.07) is 7.94. The summed E-state index contributed by atoms with van der Waals surface area (Å²) in [5.41, 5.74) is 6.71. The fourth-order valence-corrected chi connectivity index (χ4v) is 2.72. The number of carbonyl (C=O) groups excluding carboxylic acids is 1. The fraction of sp³-hybridized carbons (Fsp3) is 0.368. The van der Waals surface area contributed by atoms with Gasteiger partial charge in [0.15, 0.2) is 0 Å². The van der Waals surface area contributed by atoms with E-state index in [-0.39, 0.29) is 17.9 Å². The largest absolute Gasteiger partial charge is 0.490 e. The van der Waals surface area contributed by atoms with Crippen molar-refractivity contribution in [1.82, 2.24) is 4.98 Å². The van der Waals surface area contributed by atoms with Crippen molar-refractivity contribution >= 4 is 34.3 Å². The van der Waals surface area contributed by atoms with Crippen molar-refractivity contribution in [3.05, 3.63) is 36.7 Å². The predicted molar refractivity (Wildman–Crippen MR) is 103 cm³/mol.